The van der Waals surface area contributed by atoms with Gasteiger partial charge in [-0.25, -0.2) is 0 Å². The van der Waals surface area contributed by atoms with Crippen LogP contribution < -0.4 is 15.7 Å². The van der Waals surface area contributed by atoms with Crippen molar-refractivity contribution in [2.45, 2.75) is 20.8 Å². The number of benzene rings is 4. The van der Waals surface area contributed by atoms with E-state index in [1.807, 2.05) is 23.9 Å². The van der Waals surface area contributed by atoms with Crippen molar-refractivity contribution in [1.29, 1.82) is 0 Å². The van der Waals surface area contributed by atoms with Crippen LogP contribution in [-0.2, 0) is 21.1 Å². The van der Waals surface area contributed by atoms with Crippen molar-refractivity contribution in [2.75, 3.05) is 4.81 Å². The van der Waals surface area contributed by atoms with Crippen molar-refractivity contribution in [3.05, 3.63) is 126 Å². The summed E-state index contributed by atoms with van der Waals surface area (Å²) in [6.45, 7) is 6.22. The van der Waals surface area contributed by atoms with E-state index in [9.17, 15) is 0 Å². The summed E-state index contributed by atoms with van der Waals surface area (Å²) in [6, 6.07) is 40.1. The molecule has 4 aromatic carbocycles. The first-order valence-corrected chi connectivity index (χ1v) is 13.6. The Bertz CT molecular complexity index is 1980. The number of pyridine rings is 1. The van der Waals surface area contributed by atoms with Crippen molar-refractivity contribution in [3.63, 3.8) is 0 Å². The number of nitrogens with zero attached hydrogens (tertiary/aromatic N) is 4. The molecule has 0 N–H and O–H groups in total. The van der Waals surface area contributed by atoms with Crippen LogP contribution in [0.15, 0.2) is 97.2 Å². The Balaban J connectivity index is 0.00000276. The number of hydrogen-bond donors (Lipinski definition) is 0. The summed E-state index contributed by atoms with van der Waals surface area (Å²) in [5.41, 5.74) is 15.6. The Morgan fingerprint density at radius 2 is 1.34 bits per heavy atom. The van der Waals surface area contributed by atoms with Crippen LogP contribution in [-0.4, -0.2) is 21.6 Å². The zero-order valence-electron chi connectivity index (χ0n) is 22.9. The van der Waals surface area contributed by atoms with Crippen LogP contribution in [0.25, 0.3) is 39.2 Å². The third kappa shape index (κ3) is 3.94. The number of aryl methyl sites for hydroxylation is 3. The Morgan fingerprint density at radius 1 is 0.683 bits per heavy atom. The molecule has 6 aromatic rings. The average molecular weight is 708 g/mol. The molecule has 0 radical (unpaired) electrons. The van der Waals surface area contributed by atoms with Gasteiger partial charge in [0.1, 0.15) is 0 Å². The normalized spacial score (nSPS) is 12.5. The van der Waals surface area contributed by atoms with Gasteiger partial charge in [0.05, 0.1) is 5.69 Å². The topological polar surface area (TPSA) is 34.0 Å². The maximum atomic E-state index is 4.77. The summed E-state index contributed by atoms with van der Waals surface area (Å²) in [4.78, 5) is 7.12. The van der Waals surface area contributed by atoms with E-state index >= 15 is 0 Å². The molecule has 2 aliphatic rings. The van der Waals surface area contributed by atoms with E-state index in [1.54, 1.807) is 0 Å². The van der Waals surface area contributed by atoms with Gasteiger partial charge in [0.15, 0.2) is 0 Å². The van der Waals surface area contributed by atoms with Crippen molar-refractivity contribution >= 4 is 29.1 Å². The van der Waals surface area contributed by atoms with E-state index in [-0.39, 0.29) is 27.9 Å². The monoisotopic (exact) mass is 707 g/mol. The molecule has 0 saturated heterocycles. The van der Waals surface area contributed by atoms with Gasteiger partial charge in [0, 0.05) is 11.9 Å². The molecule has 2 aliphatic heterocycles. The standard InChI is InChI=1S/C35H25BN4.Pt/c1-22-16-17-37-33(18-22)25-12-14-29-27-8-4-6-10-31(27)36-32-11-7-5-9-28(32)30-15-13-26(40-24(3)19-23(2)38-40)21-35(30)39(36)34(29)20-25;/h4-19H,1-3H3;/q-2;+2. The second kappa shape index (κ2) is 9.71. The van der Waals surface area contributed by atoms with Crippen LogP contribution in [0.4, 0.5) is 11.4 Å². The molecule has 8 rings (SSSR count). The van der Waals surface area contributed by atoms with Gasteiger partial charge >= 0.3 is 27.9 Å². The fourth-order valence-corrected chi connectivity index (χ4v) is 6.37. The van der Waals surface area contributed by atoms with Gasteiger partial charge in [-0.2, -0.15) is 11.2 Å². The first-order chi connectivity index (χ1) is 19.6. The Hall–Kier alpha value is -4.21. The summed E-state index contributed by atoms with van der Waals surface area (Å²) in [5, 5.41) is 4.77. The van der Waals surface area contributed by atoms with Crippen molar-refractivity contribution in [3.8, 4) is 39.2 Å². The number of hydrogen-bond acceptors (Lipinski definition) is 3. The maximum Gasteiger partial charge on any atom is 2.00 e. The van der Waals surface area contributed by atoms with E-state index in [2.05, 4.69) is 121 Å². The summed E-state index contributed by atoms with van der Waals surface area (Å²) < 4.78 is 1.99. The zero-order chi connectivity index (χ0) is 27.0. The number of rotatable bonds is 2. The Labute approximate surface area is 255 Å². The third-order valence-corrected chi connectivity index (χ3v) is 8.09. The van der Waals surface area contributed by atoms with Gasteiger partial charge < -0.3 is 9.79 Å². The fraction of sp³-hybridized carbons (Fsp3) is 0.0857. The smallest absolute Gasteiger partial charge is 0.413 e. The number of fused-ring (bicyclic) bond motifs is 11. The SMILES string of the molecule is Cc1ccnc(-c2[c-]c3c(cc2)-c2ccccc2B2c4ccccc4-c4ccc(-n5nc(C)cc5C)[c-]c4N23)c1.[Pt+2]. The van der Waals surface area contributed by atoms with Crippen molar-refractivity contribution < 1.29 is 21.1 Å². The fourth-order valence-electron chi connectivity index (χ4n) is 6.37. The van der Waals surface area contributed by atoms with E-state index in [4.69, 9.17) is 5.10 Å². The molecule has 0 atom stereocenters. The first kappa shape index (κ1) is 25.7. The molecule has 0 aliphatic carbocycles. The number of aromatic nitrogens is 3. The Kier molecular flexibility index (Phi) is 6.10. The molecule has 0 spiro atoms. The molecule has 0 saturated carbocycles. The third-order valence-electron chi connectivity index (χ3n) is 8.09. The summed E-state index contributed by atoms with van der Waals surface area (Å²) in [7, 11) is 0. The van der Waals surface area contributed by atoms with Gasteiger partial charge in [0.2, 0.25) is 0 Å². The van der Waals surface area contributed by atoms with E-state index < -0.39 is 0 Å². The molecule has 198 valence electrons. The molecule has 0 amide bonds. The molecule has 4 nitrogen and oxygen atoms in total. The van der Waals surface area contributed by atoms with E-state index in [0.29, 0.717) is 0 Å². The molecule has 0 bridgehead atoms. The molecule has 0 unspecified atom stereocenters. The molecular weight excluding hydrogens is 682 g/mol. The minimum Gasteiger partial charge on any atom is -0.413 e. The van der Waals surface area contributed by atoms with Crippen LogP contribution >= 0.6 is 0 Å². The van der Waals surface area contributed by atoms with Gasteiger partial charge in [-0.05, 0) is 44.3 Å². The molecule has 2 aromatic heterocycles. The minimum atomic E-state index is -0.00340. The van der Waals surface area contributed by atoms with Gasteiger partial charge in [-0.1, -0.05) is 99.2 Å². The zero-order valence-corrected chi connectivity index (χ0v) is 25.2. The minimum absolute atomic E-state index is 0. The van der Waals surface area contributed by atoms with Crippen LogP contribution in [0.3, 0.4) is 0 Å². The first-order valence-electron chi connectivity index (χ1n) is 13.6. The Morgan fingerprint density at radius 3 is 2.00 bits per heavy atom. The quantitative estimate of drug-likeness (QED) is 0.155. The molecule has 6 heteroatoms. The van der Waals surface area contributed by atoms with Crippen LogP contribution in [0.1, 0.15) is 17.0 Å². The van der Waals surface area contributed by atoms with Gasteiger partial charge in [0.25, 0.3) is 0 Å². The number of anilines is 2. The summed E-state index contributed by atoms with van der Waals surface area (Å²) in [5.74, 6) is 0. The largest absolute Gasteiger partial charge is 2.00 e. The van der Waals surface area contributed by atoms with Gasteiger partial charge in [-0.15, -0.1) is 41.5 Å². The summed E-state index contributed by atoms with van der Waals surface area (Å²) >= 11 is 0. The van der Waals surface area contributed by atoms with E-state index in [1.165, 1.54) is 33.2 Å². The van der Waals surface area contributed by atoms with Gasteiger partial charge in [-0.3, -0.25) is 4.68 Å². The maximum absolute atomic E-state index is 4.77. The average Bonchev–Trinajstić information content (AvgIpc) is 3.33. The molecule has 0 fully saturated rings. The molecule has 4 heterocycles. The van der Waals surface area contributed by atoms with E-state index in [0.717, 1.165) is 45.3 Å². The predicted molar refractivity (Wildman–Crippen MR) is 163 cm³/mol. The van der Waals surface area contributed by atoms with Crippen LogP contribution in [0, 0.1) is 32.9 Å². The van der Waals surface area contributed by atoms with Crippen LogP contribution in [0.5, 0.6) is 0 Å². The van der Waals surface area contributed by atoms with Crippen molar-refractivity contribution in [2.24, 2.45) is 0 Å². The summed E-state index contributed by atoms with van der Waals surface area (Å²) in [6.07, 6.45) is 1.87. The van der Waals surface area contributed by atoms with Crippen LogP contribution in [0.2, 0.25) is 0 Å². The molecular formula is C35H25BN4Pt. The predicted octanol–water partition coefficient (Wildman–Crippen LogP) is 6.36. The van der Waals surface area contributed by atoms with Crippen molar-refractivity contribution in [1.82, 2.24) is 14.8 Å². The second-order valence-electron chi connectivity index (χ2n) is 10.7. The molecule has 41 heavy (non-hydrogen) atoms. The second-order valence-corrected chi connectivity index (χ2v) is 10.7.